The summed E-state index contributed by atoms with van der Waals surface area (Å²) in [6.45, 7) is 0.720. The molecule has 5 nitrogen and oxygen atoms in total. The number of amides is 1. The Bertz CT molecular complexity index is 771. The monoisotopic (exact) mass is 312 g/mol. The number of carbonyl (C=O) groups excluding carboxylic acids is 1. The molecule has 23 heavy (non-hydrogen) atoms. The molecule has 1 saturated carbocycles. The van der Waals surface area contributed by atoms with Crippen molar-refractivity contribution >= 4 is 17.4 Å². The van der Waals surface area contributed by atoms with Gasteiger partial charge in [0.25, 0.3) is 5.91 Å². The Balaban J connectivity index is 1.74. The zero-order valence-electron chi connectivity index (χ0n) is 12.8. The van der Waals surface area contributed by atoms with E-state index in [0.717, 1.165) is 37.1 Å². The molecule has 6 heteroatoms. The van der Waals surface area contributed by atoms with Crippen molar-refractivity contribution in [2.24, 2.45) is 0 Å². The zero-order chi connectivity index (χ0) is 16.0. The van der Waals surface area contributed by atoms with Crippen molar-refractivity contribution in [3.63, 3.8) is 0 Å². The molecule has 1 aromatic heterocycles. The Labute approximate surface area is 133 Å². The summed E-state index contributed by atoms with van der Waals surface area (Å²) in [4.78, 5) is 13.6. The maximum Gasteiger partial charge on any atom is 0.271 e. The molecule has 118 valence electrons. The molecular formula is C17H17FN4O. The molecule has 0 unspecified atom stereocenters. The summed E-state index contributed by atoms with van der Waals surface area (Å²) in [7, 11) is 1.55. The molecule has 2 heterocycles. The first-order valence-corrected chi connectivity index (χ1v) is 7.77. The van der Waals surface area contributed by atoms with Crippen LogP contribution in [0.2, 0.25) is 0 Å². The Morgan fingerprint density at radius 2 is 2.09 bits per heavy atom. The molecule has 1 fully saturated rings. The largest absolute Gasteiger partial charge is 0.354 e. The second-order valence-corrected chi connectivity index (χ2v) is 6.21. The van der Waals surface area contributed by atoms with Gasteiger partial charge < -0.3 is 10.2 Å². The van der Waals surface area contributed by atoms with Crippen LogP contribution in [0.5, 0.6) is 0 Å². The number of carbonyl (C=O) groups is 1. The summed E-state index contributed by atoms with van der Waals surface area (Å²) < 4.78 is 14.4. The van der Waals surface area contributed by atoms with Gasteiger partial charge in [-0.2, -0.15) is 0 Å². The molecule has 1 spiro atoms. The van der Waals surface area contributed by atoms with Gasteiger partial charge in [0.15, 0.2) is 11.5 Å². The van der Waals surface area contributed by atoms with Crippen LogP contribution in [-0.2, 0) is 5.41 Å². The number of halogens is 1. The van der Waals surface area contributed by atoms with Crippen LogP contribution < -0.4 is 10.2 Å². The smallest absolute Gasteiger partial charge is 0.271 e. The Kier molecular flexibility index (Phi) is 3.07. The number of nitrogens with zero attached hydrogens (tertiary/aromatic N) is 3. The average molecular weight is 312 g/mol. The van der Waals surface area contributed by atoms with E-state index in [1.165, 1.54) is 6.07 Å². The summed E-state index contributed by atoms with van der Waals surface area (Å²) in [5.41, 5.74) is 1.85. The zero-order valence-corrected chi connectivity index (χ0v) is 12.8. The fourth-order valence-corrected chi connectivity index (χ4v) is 3.66. The molecular weight excluding hydrogens is 295 g/mol. The lowest BCUT2D eigenvalue weighted by molar-refractivity contribution is 0.0957. The van der Waals surface area contributed by atoms with E-state index in [4.69, 9.17) is 0 Å². The summed E-state index contributed by atoms with van der Waals surface area (Å²) in [5.74, 6) is 0.236. The third-order valence-electron chi connectivity index (χ3n) is 4.97. The number of nitrogens with one attached hydrogen (secondary N) is 1. The fraction of sp³-hybridized carbons (Fsp3) is 0.353. The van der Waals surface area contributed by atoms with E-state index in [9.17, 15) is 9.18 Å². The van der Waals surface area contributed by atoms with Crippen LogP contribution in [-0.4, -0.2) is 29.7 Å². The van der Waals surface area contributed by atoms with Gasteiger partial charge in [-0.1, -0.05) is 12.5 Å². The second kappa shape index (κ2) is 5.01. The van der Waals surface area contributed by atoms with Crippen molar-refractivity contribution in [3.05, 3.63) is 47.4 Å². The highest BCUT2D eigenvalue weighted by molar-refractivity contribution is 5.92. The van der Waals surface area contributed by atoms with Crippen LogP contribution in [0.1, 0.15) is 35.3 Å². The Morgan fingerprint density at radius 3 is 2.70 bits per heavy atom. The molecule has 1 N–H and O–H groups in total. The summed E-state index contributed by atoms with van der Waals surface area (Å²) >= 11 is 0. The number of hydrogen-bond acceptors (Lipinski definition) is 4. The van der Waals surface area contributed by atoms with Gasteiger partial charge in [-0.15, -0.1) is 10.2 Å². The third-order valence-corrected chi connectivity index (χ3v) is 4.97. The minimum atomic E-state index is -0.271. The maximum atomic E-state index is 14.4. The normalized spacial score (nSPS) is 17.7. The molecule has 0 atom stereocenters. The van der Waals surface area contributed by atoms with Crippen LogP contribution in [0.25, 0.3) is 0 Å². The number of hydrogen-bond donors (Lipinski definition) is 1. The van der Waals surface area contributed by atoms with Crippen LogP contribution in [0.3, 0.4) is 0 Å². The predicted octanol–water partition coefficient (Wildman–Crippen LogP) is 2.55. The molecule has 2 aliphatic rings. The number of fused-ring (bicyclic) bond motifs is 2. The fourth-order valence-electron chi connectivity index (χ4n) is 3.66. The number of aromatic nitrogens is 2. The quantitative estimate of drug-likeness (QED) is 0.926. The highest BCUT2D eigenvalue weighted by atomic mass is 19.1. The number of rotatable bonds is 2. The van der Waals surface area contributed by atoms with Crippen molar-refractivity contribution < 1.29 is 9.18 Å². The van der Waals surface area contributed by atoms with Crippen LogP contribution >= 0.6 is 0 Å². The molecule has 2 aromatic rings. The molecule has 1 aliphatic carbocycles. The highest BCUT2D eigenvalue weighted by Gasteiger charge is 2.49. The topological polar surface area (TPSA) is 58.1 Å². The lowest BCUT2D eigenvalue weighted by atomic mass is 9.65. The van der Waals surface area contributed by atoms with Gasteiger partial charge in [-0.3, -0.25) is 4.79 Å². The van der Waals surface area contributed by atoms with Gasteiger partial charge >= 0.3 is 0 Å². The first-order valence-electron chi connectivity index (χ1n) is 7.77. The van der Waals surface area contributed by atoms with E-state index in [1.54, 1.807) is 25.2 Å². The Morgan fingerprint density at radius 1 is 1.26 bits per heavy atom. The van der Waals surface area contributed by atoms with E-state index in [-0.39, 0.29) is 22.8 Å². The van der Waals surface area contributed by atoms with E-state index in [2.05, 4.69) is 15.5 Å². The van der Waals surface area contributed by atoms with E-state index in [1.807, 2.05) is 11.0 Å². The highest BCUT2D eigenvalue weighted by Crippen LogP contribution is 2.54. The molecule has 0 bridgehead atoms. The number of anilines is 2. The van der Waals surface area contributed by atoms with Crippen LogP contribution in [0.15, 0.2) is 30.3 Å². The molecule has 4 rings (SSSR count). The van der Waals surface area contributed by atoms with Gasteiger partial charge in [0.1, 0.15) is 5.82 Å². The van der Waals surface area contributed by atoms with Crippen LogP contribution in [0, 0.1) is 5.82 Å². The number of benzene rings is 1. The van der Waals surface area contributed by atoms with E-state index >= 15 is 0 Å². The molecule has 0 saturated heterocycles. The standard InChI is InChI=1S/C17H17FN4O/c1-19-16(23)12-6-7-14(21-20-12)22-10-17(8-3-9-17)15-11(18)4-2-5-13(15)22/h2,4-7H,3,8-10H2,1H3,(H,19,23). The SMILES string of the molecule is CNC(=O)c1ccc(N2CC3(CCC3)c3c(F)cccc32)nn1. The summed E-state index contributed by atoms with van der Waals surface area (Å²) in [6, 6.07) is 8.60. The van der Waals surface area contributed by atoms with E-state index < -0.39 is 0 Å². The second-order valence-electron chi connectivity index (χ2n) is 6.21. The van der Waals surface area contributed by atoms with Gasteiger partial charge in [0.05, 0.1) is 0 Å². The molecule has 1 aliphatic heterocycles. The molecule has 1 amide bonds. The van der Waals surface area contributed by atoms with Crippen molar-refractivity contribution in [1.82, 2.24) is 15.5 Å². The third kappa shape index (κ3) is 2.01. The minimum absolute atomic E-state index is 0.0954. The molecule has 0 radical (unpaired) electrons. The van der Waals surface area contributed by atoms with Crippen molar-refractivity contribution in [2.75, 3.05) is 18.5 Å². The lowest BCUT2D eigenvalue weighted by Crippen LogP contribution is -2.38. The van der Waals surface area contributed by atoms with E-state index in [0.29, 0.717) is 5.82 Å². The van der Waals surface area contributed by atoms with Crippen molar-refractivity contribution in [3.8, 4) is 0 Å². The maximum absolute atomic E-state index is 14.4. The van der Waals surface area contributed by atoms with Crippen molar-refractivity contribution in [2.45, 2.75) is 24.7 Å². The molecule has 1 aromatic carbocycles. The van der Waals surface area contributed by atoms with Crippen LogP contribution in [0.4, 0.5) is 15.9 Å². The van der Waals surface area contributed by atoms with Gasteiger partial charge in [-0.25, -0.2) is 4.39 Å². The first kappa shape index (κ1) is 14.1. The van der Waals surface area contributed by atoms with Gasteiger partial charge in [0.2, 0.25) is 0 Å². The van der Waals surface area contributed by atoms with Gasteiger partial charge in [-0.05, 0) is 37.1 Å². The average Bonchev–Trinajstić information content (AvgIpc) is 2.91. The summed E-state index contributed by atoms with van der Waals surface area (Å²) in [6.07, 6.45) is 3.13. The Hall–Kier alpha value is -2.50. The first-order chi connectivity index (χ1) is 11.1. The lowest BCUT2D eigenvalue weighted by Gasteiger charge is -2.39. The van der Waals surface area contributed by atoms with Gasteiger partial charge in [0, 0.05) is 30.3 Å². The predicted molar refractivity (Wildman–Crippen MR) is 84.4 cm³/mol. The summed E-state index contributed by atoms with van der Waals surface area (Å²) in [5, 5.41) is 10.7. The minimum Gasteiger partial charge on any atom is -0.354 e. The van der Waals surface area contributed by atoms with Crippen molar-refractivity contribution in [1.29, 1.82) is 0 Å².